The molecule has 2 unspecified atom stereocenters. The van der Waals surface area contributed by atoms with Crippen molar-refractivity contribution in [3.8, 4) is 0 Å². The van der Waals surface area contributed by atoms with E-state index >= 15 is 0 Å². The third-order valence-electron chi connectivity index (χ3n) is 3.05. The quantitative estimate of drug-likeness (QED) is 0.557. The molecule has 0 aromatic carbocycles. The molecule has 0 bridgehead atoms. The van der Waals surface area contributed by atoms with Gasteiger partial charge in [0.15, 0.2) is 0 Å². The normalized spacial score (nSPS) is 23.1. The Morgan fingerprint density at radius 1 is 1.59 bits per heavy atom. The number of rotatable bonds is 5. The maximum atomic E-state index is 11.7. The van der Waals surface area contributed by atoms with E-state index in [2.05, 4.69) is 10.6 Å². The van der Waals surface area contributed by atoms with Gasteiger partial charge >= 0.3 is 0 Å². The molecule has 0 saturated carbocycles. The Labute approximate surface area is 102 Å². The van der Waals surface area contributed by atoms with Gasteiger partial charge in [0.25, 0.3) is 0 Å². The molecule has 2 amide bonds. The summed E-state index contributed by atoms with van der Waals surface area (Å²) in [7, 11) is 0. The highest BCUT2D eigenvalue weighted by atomic mass is 16.2. The average molecular weight is 242 g/mol. The fourth-order valence-corrected chi connectivity index (χ4v) is 1.82. The predicted octanol–water partition coefficient (Wildman–Crippen LogP) is -1.34. The maximum Gasteiger partial charge on any atom is 0.236 e. The average Bonchev–Trinajstić information content (AvgIpc) is 2.29. The number of hydrogen-bond donors (Lipinski definition) is 3. The van der Waals surface area contributed by atoms with Gasteiger partial charge < -0.3 is 16.4 Å². The van der Waals surface area contributed by atoms with Crippen LogP contribution in [0.25, 0.3) is 0 Å². The van der Waals surface area contributed by atoms with Gasteiger partial charge in [-0.05, 0) is 13.3 Å². The first-order valence-corrected chi connectivity index (χ1v) is 6.08. The third kappa shape index (κ3) is 4.32. The van der Waals surface area contributed by atoms with E-state index in [-0.39, 0.29) is 30.4 Å². The maximum absolute atomic E-state index is 11.7. The van der Waals surface area contributed by atoms with E-state index in [0.717, 1.165) is 13.0 Å². The number of carbonyl (C=O) groups is 2. The number of hydrogen-bond acceptors (Lipinski definition) is 4. The lowest BCUT2D eigenvalue weighted by molar-refractivity contribution is -0.127. The second kappa shape index (κ2) is 6.56. The molecule has 1 fully saturated rings. The van der Waals surface area contributed by atoms with Gasteiger partial charge in [0, 0.05) is 25.7 Å². The SMILES string of the molecule is CCC(C)NC(=O)CN1CCNCC1C(N)=O. The van der Waals surface area contributed by atoms with E-state index in [1.54, 1.807) is 0 Å². The van der Waals surface area contributed by atoms with Crippen molar-refractivity contribution < 1.29 is 9.59 Å². The number of nitrogens with one attached hydrogen (secondary N) is 2. The van der Waals surface area contributed by atoms with Crippen LogP contribution in [0.2, 0.25) is 0 Å². The Balaban J connectivity index is 2.47. The van der Waals surface area contributed by atoms with Crippen molar-refractivity contribution in [3.63, 3.8) is 0 Å². The minimum absolute atomic E-state index is 0.0486. The van der Waals surface area contributed by atoms with Gasteiger partial charge in [0.2, 0.25) is 11.8 Å². The zero-order chi connectivity index (χ0) is 12.8. The Bertz CT molecular complexity index is 283. The number of amides is 2. The second-order valence-corrected chi connectivity index (χ2v) is 4.47. The van der Waals surface area contributed by atoms with Gasteiger partial charge in [0.05, 0.1) is 6.54 Å². The summed E-state index contributed by atoms with van der Waals surface area (Å²) in [4.78, 5) is 24.8. The second-order valence-electron chi connectivity index (χ2n) is 4.47. The van der Waals surface area contributed by atoms with Crippen molar-refractivity contribution in [1.82, 2.24) is 15.5 Å². The first kappa shape index (κ1) is 13.9. The lowest BCUT2D eigenvalue weighted by Gasteiger charge is -2.33. The highest BCUT2D eigenvalue weighted by Crippen LogP contribution is 2.02. The van der Waals surface area contributed by atoms with Crippen molar-refractivity contribution in [3.05, 3.63) is 0 Å². The summed E-state index contributed by atoms with van der Waals surface area (Å²) in [5.74, 6) is -0.430. The van der Waals surface area contributed by atoms with Crippen LogP contribution < -0.4 is 16.4 Å². The van der Waals surface area contributed by atoms with Crippen LogP contribution in [-0.2, 0) is 9.59 Å². The first-order chi connectivity index (χ1) is 8.04. The molecule has 1 heterocycles. The van der Waals surface area contributed by atoms with Crippen molar-refractivity contribution >= 4 is 11.8 Å². The topological polar surface area (TPSA) is 87.5 Å². The van der Waals surface area contributed by atoms with Gasteiger partial charge in [-0.1, -0.05) is 6.92 Å². The fraction of sp³-hybridized carbons (Fsp3) is 0.818. The summed E-state index contributed by atoms with van der Waals surface area (Å²) < 4.78 is 0. The predicted molar refractivity (Wildman–Crippen MR) is 65.3 cm³/mol. The lowest BCUT2D eigenvalue weighted by atomic mass is 10.2. The lowest BCUT2D eigenvalue weighted by Crippen LogP contribution is -2.59. The molecule has 4 N–H and O–H groups in total. The summed E-state index contributed by atoms with van der Waals surface area (Å²) in [6.45, 7) is 6.18. The monoisotopic (exact) mass is 242 g/mol. The molecule has 0 radical (unpaired) electrons. The van der Waals surface area contributed by atoms with Crippen LogP contribution in [0.4, 0.5) is 0 Å². The van der Waals surface area contributed by atoms with Crippen LogP contribution in [0.15, 0.2) is 0 Å². The van der Waals surface area contributed by atoms with Crippen LogP contribution in [0.1, 0.15) is 20.3 Å². The molecule has 0 spiro atoms. The van der Waals surface area contributed by atoms with E-state index in [1.807, 2.05) is 18.7 Å². The molecule has 1 aliphatic heterocycles. The largest absolute Gasteiger partial charge is 0.368 e. The zero-order valence-electron chi connectivity index (χ0n) is 10.5. The first-order valence-electron chi connectivity index (χ1n) is 6.08. The Morgan fingerprint density at radius 2 is 2.29 bits per heavy atom. The number of carbonyl (C=O) groups excluding carboxylic acids is 2. The number of piperazine rings is 1. The Morgan fingerprint density at radius 3 is 2.88 bits per heavy atom. The summed E-state index contributed by atoms with van der Waals surface area (Å²) >= 11 is 0. The van der Waals surface area contributed by atoms with Gasteiger partial charge in [-0.3, -0.25) is 14.5 Å². The molecule has 0 aromatic rings. The standard InChI is InChI=1S/C11H22N4O2/c1-3-8(2)14-10(16)7-15-5-4-13-6-9(15)11(12)17/h8-9,13H,3-7H2,1-2H3,(H2,12,17)(H,14,16). The highest BCUT2D eigenvalue weighted by molar-refractivity contribution is 5.82. The molecule has 1 aliphatic rings. The van der Waals surface area contributed by atoms with E-state index in [0.29, 0.717) is 13.1 Å². The highest BCUT2D eigenvalue weighted by Gasteiger charge is 2.28. The molecule has 0 aliphatic carbocycles. The van der Waals surface area contributed by atoms with Crippen molar-refractivity contribution in [2.45, 2.75) is 32.4 Å². The summed E-state index contributed by atoms with van der Waals surface area (Å²) in [6.07, 6.45) is 0.895. The van der Waals surface area contributed by atoms with E-state index in [4.69, 9.17) is 5.73 Å². The van der Waals surface area contributed by atoms with Crippen LogP contribution in [0.3, 0.4) is 0 Å². The van der Waals surface area contributed by atoms with E-state index in [1.165, 1.54) is 0 Å². The minimum Gasteiger partial charge on any atom is -0.368 e. The molecule has 98 valence electrons. The Hall–Kier alpha value is -1.14. The Kier molecular flexibility index (Phi) is 5.37. The summed E-state index contributed by atoms with van der Waals surface area (Å²) in [6, 6.07) is -0.219. The van der Waals surface area contributed by atoms with Gasteiger partial charge in [-0.25, -0.2) is 0 Å². The summed E-state index contributed by atoms with van der Waals surface area (Å²) in [5.41, 5.74) is 5.31. The van der Waals surface area contributed by atoms with Gasteiger partial charge in [-0.2, -0.15) is 0 Å². The van der Waals surface area contributed by atoms with E-state index < -0.39 is 0 Å². The van der Waals surface area contributed by atoms with Crippen LogP contribution >= 0.6 is 0 Å². The van der Waals surface area contributed by atoms with Gasteiger partial charge in [0.1, 0.15) is 6.04 Å². The molecule has 17 heavy (non-hydrogen) atoms. The molecule has 1 rings (SSSR count). The molecular weight excluding hydrogens is 220 g/mol. The van der Waals surface area contributed by atoms with Crippen LogP contribution in [0, 0.1) is 0 Å². The van der Waals surface area contributed by atoms with E-state index in [9.17, 15) is 9.59 Å². The van der Waals surface area contributed by atoms with Gasteiger partial charge in [-0.15, -0.1) is 0 Å². The van der Waals surface area contributed by atoms with Crippen molar-refractivity contribution in [2.75, 3.05) is 26.2 Å². The molecule has 6 nitrogen and oxygen atoms in total. The molecule has 2 atom stereocenters. The van der Waals surface area contributed by atoms with Crippen molar-refractivity contribution in [2.24, 2.45) is 5.73 Å². The smallest absolute Gasteiger partial charge is 0.236 e. The molecule has 0 aromatic heterocycles. The van der Waals surface area contributed by atoms with Crippen molar-refractivity contribution in [1.29, 1.82) is 0 Å². The minimum atomic E-state index is -0.383. The van der Waals surface area contributed by atoms with Crippen LogP contribution in [0.5, 0.6) is 0 Å². The molecular formula is C11H22N4O2. The van der Waals surface area contributed by atoms with Crippen LogP contribution in [-0.4, -0.2) is 55.0 Å². The molecule has 1 saturated heterocycles. The zero-order valence-corrected chi connectivity index (χ0v) is 10.5. The molecule has 6 heteroatoms. The number of nitrogens with zero attached hydrogens (tertiary/aromatic N) is 1. The third-order valence-corrected chi connectivity index (χ3v) is 3.05. The number of nitrogens with two attached hydrogens (primary N) is 1. The fourth-order valence-electron chi connectivity index (χ4n) is 1.82. The number of primary amides is 1. The summed E-state index contributed by atoms with van der Waals surface area (Å²) in [5, 5.41) is 5.98.